The molecule has 194 valence electrons. The van der Waals surface area contributed by atoms with Crippen LogP contribution in [0.2, 0.25) is 0 Å². The van der Waals surface area contributed by atoms with Crippen molar-refractivity contribution in [2.24, 2.45) is 5.10 Å². The van der Waals surface area contributed by atoms with Crippen molar-refractivity contribution in [3.8, 4) is 23.0 Å². The Bertz CT molecular complexity index is 1280. The smallest absolute Gasteiger partial charge is 0.335 e. The van der Waals surface area contributed by atoms with Crippen LogP contribution in [0.4, 0.5) is 0 Å². The van der Waals surface area contributed by atoms with Gasteiger partial charge in [0.1, 0.15) is 6.61 Å². The molecule has 0 radical (unpaired) electrons. The molecule has 0 aromatic heterocycles. The van der Waals surface area contributed by atoms with Crippen molar-refractivity contribution in [3.05, 3.63) is 81.3 Å². The van der Waals surface area contributed by atoms with E-state index in [1.807, 2.05) is 13.8 Å². The first kappa shape index (κ1) is 27.5. The molecule has 2 N–H and O–H groups in total. The minimum atomic E-state index is -0.986. The maximum Gasteiger partial charge on any atom is 0.335 e. The van der Waals surface area contributed by atoms with Gasteiger partial charge in [-0.25, -0.2) is 10.2 Å². The second kappa shape index (κ2) is 13.3. The zero-order valence-corrected chi connectivity index (χ0v) is 22.2. The molecule has 0 atom stereocenters. The Morgan fingerprint density at radius 1 is 0.919 bits per heavy atom. The SMILES string of the molecule is CCOc1ccc(C(=O)N/N=C/c2cc(Br)c(OCc3ccc(C(=O)O)cc3)c(OC)c2)cc1OCC. The lowest BCUT2D eigenvalue weighted by molar-refractivity contribution is 0.0696. The average molecular weight is 571 g/mol. The zero-order chi connectivity index (χ0) is 26.8. The number of carboxylic acids is 1. The first-order chi connectivity index (χ1) is 17.9. The van der Waals surface area contributed by atoms with Crippen LogP contribution >= 0.6 is 15.9 Å². The van der Waals surface area contributed by atoms with Gasteiger partial charge in [0.2, 0.25) is 0 Å². The summed E-state index contributed by atoms with van der Waals surface area (Å²) in [5.41, 5.74) is 4.54. The number of ether oxygens (including phenoxy) is 4. The first-order valence-corrected chi connectivity index (χ1v) is 12.2. The number of carboxylic acid groups (broad SMARTS) is 1. The number of methoxy groups -OCH3 is 1. The van der Waals surface area contributed by atoms with Gasteiger partial charge in [-0.05, 0) is 83.4 Å². The molecule has 0 bridgehead atoms. The van der Waals surface area contributed by atoms with E-state index >= 15 is 0 Å². The molecular weight excluding hydrogens is 544 g/mol. The fourth-order valence-corrected chi connectivity index (χ4v) is 3.85. The quantitative estimate of drug-likeness (QED) is 0.224. The van der Waals surface area contributed by atoms with E-state index in [2.05, 4.69) is 26.5 Å². The Morgan fingerprint density at radius 3 is 2.24 bits per heavy atom. The largest absolute Gasteiger partial charge is 0.493 e. The Labute approximate surface area is 223 Å². The fourth-order valence-electron chi connectivity index (χ4n) is 3.28. The van der Waals surface area contributed by atoms with Gasteiger partial charge in [-0.2, -0.15) is 5.10 Å². The number of hydrogen-bond acceptors (Lipinski definition) is 7. The van der Waals surface area contributed by atoms with E-state index in [4.69, 9.17) is 24.1 Å². The van der Waals surface area contributed by atoms with Crippen LogP contribution in [-0.2, 0) is 6.61 Å². The third-order valence-electron chi connectivity index (χ3n) is 5.02. The summed E-state index contributed by atoms with van der Waals surface area (Å²) in [5, 5.41) is 13.1. The molecule has 0 aliphatic carbocycles. The molecule has 0 spiro atoms. The number of nitrogens with one attached hydrogen (secondary N) is 1. The van der Waals surface area contributed by atoms with Crippen molar-refractivity contribution in [2.75, 3.05) is 20.3 Å². The number of rotatable bonds is 12. The number of aromatic carboxylic acids is 1. The van der Waals surface area contributed by atoms with Crippen LogP contribution in [0.25, 0.3) is 0 Å². The highest BCUT2D eigenvalue weighted by atomic mass is 79.9. The molecule has 0 fully saturated rings. The Hall–Kier alpha value is -4.05. The summed E-state index contributed by atoms with van der Waals surface area (Å²) in [6.45, 7) is 4.87. The highest BCUT2D eigenvalue weighted by Crippen LogP contribution is 2.37. The highest BCUT2D eigenvalue weighted by molar-refractivity contribution is 9.10. The van der Waals surface area contributed by atoms with Crippen LogP contribution < -0.4 is 24.4 Å². The van der Waals surface area contributed by atoms with E-state index in [0.29, 0.717) is 51.8 Å². The van der Waals surface area contributed by atoms with Crippen LogP contribution in [0.1, 0.15) is 45.7 Å². The zero-order valence-electron chi connectivity index (χ0n) is 20.6. The maximum absolute atomic E-state index is 12.6. The standard InChI is InChI=1S/C27H27BrN2O7/c1-4-35-22-11-10-20(14-23(22)36-5-2)26(31)30-29-15-18-12-21(28)25(24(13-18)34-3)37-16-17-6-8-19(9-7-17)27(32)33/h6-15H,4-5,16H2,1-3H3,(H,30,31)(H,32,33)/b29-15+. The lowest BCUT2D eigenvalue weighted by Crippen LogP contribution is -2.17. The third kappa shape index (κ3) is 7.47. The predicted molar refractivity (Wildman–Crippen MR) is 142 cm³/mol. The van der Waals surface area contributed by atoms with Crippen molar-refractivity contribution in [2.45, 2.75) is 20.5 Å². The molecule has 9 nitrogen and oxygen atoms in total. The minimum Gasteiger partial charge on any atom is -0.493 e. The number of hydrazone groups is 1. The van der Waals surface area contributed by atoms with Crippen molar-refractivity contribution in [3.63, 3.8) is 0 Å². The van der Waals surface area contributed by atoms with E-state index in [9.17, 15) is 9.59 Å². The molecule has 0 heterocycles. The van der Waals surface area contributed by atoms with Gasteiger partial charge in [-0.15, -0.1) is 0 Å². The van der Waals surface area contributed by atoms with Gasteiger partial charge < -0.3 is 24.1 Å². The van der Waals surface area contributed by atoms with Crippen molar-refractivity contribution >= 4 is 34.0 Å². The Balaban J connectivity index is 1.67. The van der Waals surface area contributed by atoms with E-state index in [1.54, 1.807) is 42.5 Å². The molecule has 0 aliphatic heterocycles. The van der Waals surface area contributed by atoms with Crippen LogP contribution in [0, 0.1) is 0 Å². The number of carbonyl (C=O) groups is 2. The van der Waals surface area contributed by atoms with Gasteiger partial charge in [-0.3, -0.25) is 4.79 Å². The van der Waals surface area contributed by atoms with Gasteiger partial charge in [-0.1, -0.05) is 12.1 Å². The highest BCUT2D eigenvalue weighted by Gasteiger charge is 2.13. The topological polar surface area (TPSA) is 116 Å². The summed E-state index contributed by atoms with van der Waals surface area (Å²) in [6, 6.07) is 14.8. The number of hydrogen-bond donors (Lipinski definition) is 2. The van der Waals surface area contributed by atoms with Gasteiger partial charge in [0.05, 0.1) is 36.6 Å². The third-order valence-corrected chi connectivity index (χ3v) is 5.61. The average Bonchev–Trinajstić information content (AvgIpc) is 2.89. The van der Waals surface area contributed by atoms with Gasteiger partial charge in [0, 0.05) is 5.56 Å². The lowest BCUT2D eigenvalue weighted by Gasteiger charge is -2.14. The normalized spacial score (nSPS) is 10.7. The molecule has 3 aromatic carbocycles. The van der Waals surface area contributed by atoms with Crippen LogP contribution in [0.3, 0.4) is 0 Å². The first-order valence-electron chi connectivity index (χ1n) is 11.4. The summed E-state index contributed by atoms with van der Waals surface area (Å²) >= 11 is 3.49. The second-order valence-electron chi connectivity index (χ2n) is 7.55. The van der Waals surface area contributed by atoms with E-state index in [-0.39, 0.29) is 12.2 Å². The van der Waals surface area contributed by atoms with E-state index in [0.717, 1.165) is 5.56 Å². The van der Waals surface area contributed by atoms with Crippen molar-refractivity contribution < 1.29 is 33.6 Å². The molecule has 0 saturated carbocycles. The Morgan fingerprint density at radius 2 is 1.59 bits per heavy atom. The van der Waals surface area contributed by atoms with Crippen molar-refractivity contribution in [1.29, 1.82) is 0 Å². The van der Waals surface area contributed by atoms with Gasteiger partial charge in [0.15, 0.2) is 23.0 Å². The second-order valence-corrected chi connectivity index (χ2v) is 8.41. The van der Waals surface area contributed by atoms with Gasteiger partial charge >= 0.3 is 5.97 Å². The van der Waals surface area contributed by atoms with Crippen LogP contribution in [-0.4, -0.2) is 43.5 Å². The number of halogens is 1. The molecule has 0 saturated heterocycles. The maximum atomic E-state index is 12.6. The van der Waals surface area contributed by atoms with Gasteiger partial charge in [0.25, 0.3) is 5.91 Å². The molecule has 10 heteroatoms. The van der Waals surface area contributed by atoms with Crippen LogP contribution in [0.5, 0.6) is 23.0 Å². The summed E-state index contributed by atoms with van der Waals surface area (Å²) in [6.07, 6.45) is 1.48. The minimum absolute atomic E-state index is 0.204. The monoisotopic (exact) mass is 570 g/mol. The summed E-state index contributed by atoms with van der Waals surface area (Å²) in [5.74, 6) is 0.602. The molecule has 0 unspecified atom stereocenters. The van der Waals surface area contributed by atoms with E-state index < -0.39 is 11.9 Å². The molecular formula is C27H27BrN2O7. The summed E-state index contributed by atoms with van der Waals surface area (Å²) < 4.78 is 23.1. The number of benzene rings is 3. The molecule has 0 aliphatic rings. The van der Waals surface area contributed by atoms with Crippen molar-refractivity contribution in [1.82, 2.24) is 5.43 Å². The van der Waals surface area contributed by atoms with Crippen LogP contribution in [0.15, 0.2) is 64.2 Å². The molecule has 3 aromatic rings. The number of amides is 1. The number of nitrogens with zero attached hydrogens (tertiary/aromatic N) is 1. The van der Waals surface area contributed by atoms with E-state index in [1.165, 1.54) is 25.5 Å². The molecule has 37 heavy (non-hydrogen) atoms. The molecule has 3 rings (SSSR count). The summed E-state index contributed by atoms with van der Waals surface area (Å²) in [4.78, 5) is 23.6. The Kier molecular flexibility index (Phi) is 9.91. The lowest BCUT2D eigenvalue weighted by atomic mass is 10.1. The predicted octanol–water partition coefficient (Wildman–Crippen LogP) is 5.30. The summed E-state index contributed by atoms with van der Waals surface area (Å²) in [7, 11) is 1.51. The molecule has 1 amide bonds. The number of carbonyl (C=O) groups excluding carboxylic acids is 1. The fraction of sp³-hybridized carbons (Fsp3) is 0.222.